The number of hydrogen-bond acceptors (Lipinski definition) is 3. The van der Waals surface area contributed by atoms with E-state index in [0.717, 1.165) is 17.7 Å². The lowest BCUT2D eigenvalue weighted by molar-refractivity contribution is -0.121. The van der Waals surface area contributed by atoms with Gasteiger partial charge in [0.1, 0.15) is 5.75 Å². The van der Waals surface area contributed by atoms with Crippen molar-refractivity contribution >= 4 is 5.91 Å². The quantitative estimate of drug-likeness (QED) is 0.803. The number of amides is 1. The van der Waals surface area contributed by atoms with Gasteiger partial charge in [-0.1, -0.05) is 12.1 Å². The number of carbonyl (C=O) groups excluding carboxylic acids is 1. The highest BCUT2D eigenvalue weighted by molar-refractivity contribution is 5.78. The molecule has 0 aliphatic rings. The molecule has 1 atom stereocenters. The number of hydrogen-bond donors (Lipinski definition) is 1. The minimum absolute atomic E-state index is 0.0202. The first-order chi connectivity index (χ1) is 8.65. The Bertz CT molecular complexity index is 379. The first-order valence-electron chi connectivity index (χ1n) is 6.07. The van der Waals surface area contributed by atoms with Gasteiger partial charge in [-0.2, -0.15) is 0 Å². The summed E-state index contributed by atoms with van der Waals surface area (Å²) in [5.74, 6) is 0.791. The van der Waals surface area contributed by atoms with Crippen molar-refractivity contribution in [2.24, 2.45) is 0 Å². The van der Waals surface area contributed by atoms with Gasteiger partial charge in [0.05, 0.1) is 13.5 Å². The highest BCUT2D eigenvalue weighted by Crippen LogP contribution is 2.12. The van der Waals surface area contributed by atoms with Gasteiger partial charge in [0.25, 0.3) is 0 Å². The Kier molecular flexibility index (Phi) is 6.22. The third kappa shape index (κ3) is 5.19. The van der Waals surface area contributed by atoms with Gasteiger partial charge in [-0.15, -0.1) is 0 Å². The Morgan fingerprint density at radius 2 is 2.17 bits per heavy atom. The van der Waals surface area contributed by atoms with Crippen LogP contribution in [-0.2, 0) is 16.0 Å². The van der Waals surface area contributed by atoms with Gasteiger partial charge in [0.15, 0.2) is 0 Å². The Hall–Kier alpha value is -1.55. The number of carbonyl (C=O) groups is 1. The van der Waals surface area contributed by atoms with Gasteiger partial charge >= 0.3 is 0 Å². The lowest BCUT2D eigenvalue weighted by Crippen LogP contribution is -2.34. The van der Waals surface area contributed by atoms with E-state index >= 15 is 0 Å². The predicted octanol–water partition coefficient (Wildman–Crippen LogP) is 1.78. The largest absolute Gasteiger partial charge is 0.497 e. The van der Waals surface area contributed by atoms with Crippen LogP contribution in [0.5, 0.6) is 5.75 Å². The molecule has 0 aromatic heterocycles. The summed E-state index contributed by atoms with van der Waals surface area (Å²) in [5.41, 5.74) is 0.950. The smallest absolute Gasteiger partial charge is 0.224 e. The highest BCUT2D eigenvalue weighted by Gasteiger charge is 2.08. The molecular formula is C14H21NO3. The van der Waals surface area contributed by atoms with Crippen LogP contribution in [-0.4, -0.2) is 32.8 Å². The number of rotatable bonds is 7. The molecule has 0 radical (unpaired) electrons. The number of methoxy groups -OCH3 is 2. The molecule has 0 fully saturated rings. The van der Waals surface area contributed by atoms with Gasteiger partial charge < -0.3 is 14.8 Å². The van der Waals surface area contributed by atoms with Crippen molar-refractivity contribution < 1.29 is 14.3 Å². The molecule has 0 saturated heterocycles. The zero-order valence-corrected chi connectivity index (χ0v) is 11.2. The Morgan fingerprint density at radius 3 is 2.83 bits per heavy atom. The summed E-state index contributed by atoms with van der Waals surface area (Å²) in [6.07, 6.45) is 1.19. The summed E-state index contributed by atoms with van der Waals surface area (Å²) in [5, 5.41) is 2.94. The summed E-state index contributed by atoms with van der Waals surface area (Å²) >= 11 is 0. The van der Waals surface area contributed by atoms with Crippen molar-refractivity contribution in [1.82, 2.24) is 5.32 Å². The summed E-state index contributed by atoms with van der Waals surface area (Å²) < 4.78 is 10.1. The van der Waals surface area contributed by atoms with E-state index in [4.69, 9.17) is 9.47 Å². The number of benzene rings is 1. The lowest BCUT2D eigenvalue weighted by Gasteiger charge is -2.13. The minimum Gasteiger partial charge on any atom is -0.497 e. The van der Waals surface area contributed by atoms with Crippen LogP contribution in [0.25, 0.3) is 0 Å². The van der Waals surface area contributed by atoms with Crippen LogP contribution in [0.2, 0.25) is 0 Å². The molecule has 0 aliphatic carbocycles. The molecule has 18 heavy (non-hydrogen) atoms. The van der Waals surface area contributed by atoms with Crippen molar-refractivity contribution in [2.45, 2.75) is 25.8 Å². The fraction of sp³-hybridized carbons (Fsp3) is 0.500. The van der Waals surface area contributed by atoms with Crippen LogP contribution in [0.1, 0.15) is 18.9 Å². The summed E-state index contributed by atoms with van der Waals surface area (Å²) in [6.45, 7) is 2.63. The number of nitrogens with one attached hydrogen (secondary N) is 1. The third-order valence-electron chi connectivity index (χ3n) is 2.66. The summed E-state index contributed by atoms with van der Waals surface area (Å²) in [6, 6.07) is 7.67. The van der Waals surface area contributed by atoms with Crippen molar-refractivity contribution in [2.75, 3.05) is 20.8 Å². The second-order valence-corrected chi connectivity index (χ2v) is 4.28. The standard InChI is InChI=1S/C14H21NO3/c1-11(7-8-17-2)15-14(16)10-12-5-4-6-13(9-12)18-3/h4-6,9,11H,7-8,10H2,1-3H3,(H,15,16). The summed E-state index contributed by atoms with van der Waals surface area (Å²) in [7, 11) is 3.27. The number of ether oxygens (including phenoxy) is 2. The molecule has 1 aromatic rings. The Morgan fingerprint density at radius 1 is 1.39 bits per heavy atom. The maximum atomic E-state index is 11.8. The zero-order chi connectivity index (χ0) is 13.4. The minimum atomic E-state index is 0.0202. The average Bonchev–Trinajstić information content (AvgIpc) is 2.36. The molecule has 0 bridgehead atoms. The normalized spacial score (nSPS) is 11.9. The Balaban J connectivity index is 2.43. The molecule has 1 rings (SSSR count). The molecule has 0 spiro atoms. The van der Waals surface area contributed by atoms with Gasteiger partial charge in [-0.25, -0.2) is 0 Å². The second kappa shape index (κ2) is 7.71. The molecule has 0 aliphatic heterocycles. The van der Waals surface area contributed by atoms with Gasteiger partial charge in [0, 0.05) is 19.8 Å². The van der Waals surface area contributed by atoms with Gasteiger partial charge in [-0.05, 0) is 31.0 Å². The van der Waals surface area contributed by atoms with E-state index in [1.807, 2.05) is 31.2 Å². The maximum absolute atomic E-state index is 11.8. The molecule has 4 nitrogen and oxygen atoms in total. The molecule has 0 heterocycles. The molecular weight excluding hydrogens is 230 g/mol. The van der Waals surface area contributed by atoms with Crippen LogP contribution in [0.4, 0.5) is 0 Å². The summed E-state index contributed by atoms with van der Waals surface area (Å²) in [4.78, 5) is 11.8. The average molecular weight is 251 g/mol. The van der Waals surface area contributed by atoms with Gasteiger partial charge in [0.2, 0.25) is 5.91 Å². The first kappa shape index (κ1) is 14.5. The van der Waals surface area contributed by atoms with E-state index in [-0.39, 0.29) is 11.9 Å². The topological polar surface area (TPSA) is 47.6 Å². The van der Waals surface area contributed by atoms with E-state index in [1.54, 1.807) is 14.2 Å². The van der Waals surface area contributed by atoms with E-state index in [9.17, 15) is 4.79 Å². The van der Waals surface area contributed by atoms with Crippen LogP contribution in [0.3, 0.4) is 0 Å². The zero-order valence-electron chi connectivity index (χ0n) is 11.2. The van der Waals surface area contributed by atoms with E-state index in [0.29, 0.717) is 13.0 Å². The van der Waals surface area contributed by atoms with E-state index < -0.39 is 0 Å². The van der Waals surface area contributed by atoms with E-state index in [1.165, 1.54) is 0 Å². The second-order valence-electron chi connectivity index (χ2n) is 4.28. The first-order valence-corrected chi connectivity index (χ1v) is 6.07. The Labute approximate surface area is 108 Å². The van der Waals surface area contributed by atoms with Crippen molar-refractivity contribution in [3.05, 3.63) is 29.8 Å². The monoisotopic (exact) mass is 251 g/mol. The predicted molar refractivity (Wildman–Crippen MR) is 70.8 cm³/mol. The molecule has 1 N–H and O–H groups in total. The fourth-order valence-corrected chi connectivity index (χ4v) is 1.66. The lowest BCUT2D eigenvalue weighted by atomic mass is 10.1. The van der Waals surface area contributed by atoms with Crippen molar-refractivity contribution in [3.8, 4) is 5.75 Å². The third-order valence-corrected chi connectivity index (χ3v) is 2.66. The maximum Gasteiger partial charge on any atom is 0.224 e. The van der Waals surface area contributed by atoms with Crippen LogP contribution in [0, 0.1) is 0 Å². The molecule has 100 valence electrons. The highest BCUT2D eigenvalue weighted by atomic mass is 16.5. The SMILES string of the molecule is COCCC(C)NC(=O)Cc1cccc(OC)c1. The van der Waals surface area contributed by atoms with Gasteiger partial charge in [-0.3, -0.25) is 4.79 Å². The van der Waals surface area contributed by atoms with E-state index in [2.05, 4.69) is 5.32 Å². The van der Waals surface area contributed by atoms with Crippen LogP contribution >= 0.6 is 0 Å². The van der Waals surface area contributed by atoms with Crippen LogP contribution < -0.4 is 10.1 Å². The molecule has 1 aromatic carbocycles. The molecule has 4 heteroatoms. The van der Waals surface area contributed by atoms with Crippen LogP contribution in [0.15, 0.2) is 24.3 Å². The molecule has 1 amide bonds. The fourth-order valence-electron chi connectivity index (χ4n) is 1.66. The molecule has 0 saturated carbocycles. The van der Waals surface area contributed by atoms with Crippen molar-refractivity contribution in [1.29, 1.82) is 0 Å². The van der Waals surface area contributed by atoms with Crippen molar-refractivity contribution in [3.63, 3.8) is 0 Å². The molecule has 1 unspecified atom stereocenters.